The van der Waals surface area contributed by atoms with E-state index in [1.165, 1.54) is 6.20 Å². The number of nitrogen functional groups attached to an aromatic ring is 1. The number of aromatic nitrogens is 3. The number of quaternary nitrogens is 1. The number of hydrogen-bond acceptors (Lipinski definition) is 7. The van der Waals surface area contributed by atoms with Gasteiger partial charge in [-0.25, -0.2) is 9.78 Å². The van der Waals surface area contributed by atoms with Crippen molar-refractivity contribution in [1.29, 1.82) is 0 Å². The van der Waals surface area contributed by atoms with Crippen LogP contribution in [-0.4, -0.2) is 56.3 Å². The molecule has 14 heteroatoms. The van der Waals surface area contributed by atoms with Gasteiger partial charge < -0.3 is 41.9 Å². The smallest absolute Gasteiger partial charge is 0.362 e. The summed E-state index contributed by atoms with van der Waals surface area (Å²) in [6.45, 7) is 0.117. The second-order valence-electron chi connectivity index (χ2n) is 7.91. The zero-order chi connectivity index (χ0) is 25.3. The summed E-state index contributed by atoms with van der Waals surface area (Å²) in [7, 11) is 0. The summed E-state index contributed by atoms with van der Waals surface area (Å²) in [5.41, 5.74) is 10.9. The highest BCUT2D eigenvalue weighted by molar-refractivity contribution is 9.13. The van der Waals surface area contributed by atoms with Gasteiger partial charge in [0.25, 0.3) is 5.91 Å². The van der Waals surface area contributed by atoms with Crippen molar-refractivity contribution in [3.05, 3.63) is 56.5 Å². The number of benzene rings is 1. The molecule has 3 heterocycles. The van der Waals surface area contributed by atoms with Gasteiger partial charge in [-0.15, -0.1) is 0 Å². The Kier molecular flexibility index (Phi) is 7.14. The molecule has 184 valence electrons. The van der Waals surface area contributed by atoms with Gasteiger partial charge in [-0.1, -0.05) is 6.07 Å². The van der Waals surface area contributed by atoms with Crippen LogP contribution in [0.3, 0.4) is 0 Å². The SMILES string of the molecule is Nc1ncc([C@H]2Oc3cccc(C(=O)C[C@H]([NH3+])C(=O)O)c3N[C@@H]2CNC(=O)c2cc(Br)c(Br)[nH]2)[nH]1. The van der Waals surface area contributed by atoms with Crippen molar-refractivity contribution in [2.75, 3.05) is 17.6 Å². The Labute approximate surface area is 215 Å². The minimum absolute atomic E-state index is 0.117. The maximum atomic E-state index is 12.9. The van der Waals surface area contributed by atoms with E-state index in [1.54, 1.807) is 24.3 Å². The van der Waals surface area contributed by atoms with Crippen LogP contribution in [0.1, 0.15) is 39.1 Å². The first kappa shape index (κ1) is 24.8. The van der Waals surface area contributed by atoms with E-state index in [4.69, 9.17) is 15.6 Å². The maximum absolute atomic E-state index is 12.9. The number of carboxylic acids is 1. The molecule has 0 saturated carbocycles. The monoisotopic (exact) mass is 610 g/mol. The summed E-state index contributed by atoms with van der Waals surface area (Å²) in [6, 6.07) is 4.95. The van der Waals surface area contributed by atoms with E-state index in [-0.39, 0.29) is 30.4 Å². The molecule has 0 radical (unpaired) electrons. The van der Waals surface area contributed by atoms with Crippen molar-refractivity contribution in [1.82, 2.24) is 20.3 Å². The fraction of sp³-hybridized carbons (Fsp3) is 0.238. The predicted octanol–water partition coefficient (Wildman–Crippen LogP) is 1.46. The fourth-order valence-electron chi connectivity index (χ4n) is 3.67. The summed E-state index contributed by atoms with van der Waals surface area (Å²) < 4.78 is 7.54. The Morgan fingerprint density at radius 2 is 2.06 bits per heavy atom. The predicted molar refractivity (Wildman–Crippen MR) is 132 cm³/mol. The third-order valence-corrected chi connectivity index (χ3v) is 7.21. The molecule has 0 unspecified atom stereocenters. The summed E-state index contributed by atoms with van der Waals surface area (Å²) >= 11 is 6.64. The average molecular weight is 612 g/mol. The largest absolute Gasteiger partial charge is 0.480 e. The lowest BCUT2D eigenvalue weighted by Gasteiger charge is -2.35. The number of hydrogen-bond donors (Lipinski definition) is 7. The third kappa shape index (κ3) is 5.33. The Morgan fingerprint density at radius 1 is 1.29 bits per heavy atom. The molecule has 1 aliphatic rings. The molecule has 10 N–H and O–H groups in total. The molecule has 0 spiro atoms. The number of fused-ring (bicyclic) bond motifs is 1. The van der Waals surface area contributed by atoms with Gasteiger partial charge in [-0.05, 0) is 50.1 Å². The molecule has 0 bridgehead atoms. The molecule has 0 fully saturated rings. The summed E-state index contributed by atoms with van der Waals surface area (Å²) in [5.74, 6) is -1.30. The molecule has 1 amide bonds. The van der Waals surface area contributed by atoms with Crippen LogP contribution in [0.2, 0.25) is 0 Å². The van der Waals surface area contributed by atoms with Gasteiger partial charge >= 0.3 is 5.97 Å². The number of carboxylic acid groups (broad SMARTS) is 1. The number of imidazole rings is 1. The van der Waals surface area contributed by atoms with Crippen molar-refractivity contribution < 1.29 is 30.0 Å². The molecule has 1 aliphatic heterocycles. The molecule has 0 aliphatic carbocycles. The average Bonchev–Trinajstić information content (AvgIpc) is 3.41. The number of nitrogens with two attached hydrogens (primary N) is 1. The van der Waals surface area contributed by atoms with E-state index >= 15 is 0 Å². The number of amides is 1. The first-order valence-electron chi connectivity index (χ1n) is 10.4. The van der Waals surface area contributed by atoms with Crippen LogP contribution in [0, 0.1) is 0 Å². The third-order valence-electron chi connectivity index (χ3n) is 5.43. The quantitative estimate of drug-likeness (QED) is 0.185. The number of ether oxygens (including phenoxy) is 1. The number of rotatable bonds is 8. The van der Waals surface area contributed by atoms with Gasteiger partial charge in [0, 0.05) is 12.1 Å². The normalized spacial score (nSPS) is 17.6. The number of Topliss-reactive ketones (excluding diaryl/α,β-unsaturated/α-hetero) is 1. The van der Waals surface area contributed by atoms with Crippen molar-refractivity contribution in [3.63, 3.8) is 0 Å². The fourth-order valence-corrected chi connectivity index (χ4v) is 4.33. The van der Waals surface area contributed by atoms with E-state index in [0.29, 0.717) is 31.9 Å². The van der Waals surface area contributed by atoms with Crippen molar-refractivity contribution in [2.45, 2.75) is 24.6 Å². The second kappa shape index (κ2) is 10.1. The first-order valence-corrected chi connectivity index (χ1v) is 12.0. The van der Waals surface area contributed by atoms with Gasteiger partial charge in [-0.3, -0.25) is 9.59 Å². The number of para-hydroxylation sites is 1. The van der Waals surface area contributed by atoms with E-state index in [0.717, 1.165) is 0 Å². The molecular formula is C21H22Br2N7O5+. The van der Waals surface area contributed by atoms with Crippen LogP contribution < -0.4 is 26.8 Å². The Bertz CT molecular complexity index is 1270. The van der Waals surface area contributed by atoms with E-state index in [9.17, 15) is 14.4 Å². The van der Waals surface area contributed by atoms with Crippen LogP contribution in [0.15, 0.2) is 39.5 Å². The summed E-state index contributed by atoms with van der Waals surface area (Å²) in [4.78, 5) is 46.6. The molecule has 2 aromatic heterocycles. The van der Waals surface area contributed by atoms with Crippen molar-refractivity contribution >= 4 is 61.2 Å². The van der Waals surface area contributed by atoms with Gasteiger partial charge in [0.2, 0.25) is 0 Å². The van der Waals surface area contributed by atoms with Crippen LogP contribution in [-0.2, 0) is 4.79 Å². The van der Waals surface area contributed by atoms with E-state index in [2.05, 4.69) is 63.2 Å². The number of halogens is 2. The number of H-pyrrole nitrogens is 2. The van der Waals surface area contributed by atoms with Gasteiger partial charge in [0.1, 0.15) is 11.4 Å². The minimum Gasteiger partial charge on any atom is -0.480 e. The molecule has 0 saturated heterocycles. The lowest BCUT2D eigenvalue weighted by atomic mass is 9.98. The van der Waals surface area contributed by atoms with Crippen LogP contribution in [0.4, 0.5) is 11.6 Å². The first-order chi connectivity index (χ1) is 16.6. The van der Waals surface area contributed by atoms with Crippen LogP contribution in [0.25, 0.3) is 0 Å². The lowest BCUT2D eigenvalue weighted by Crippen LogP contribution is -2.65. The zero-order valence-corrected chi connectivity index (χ0v) is 21.3. The molecule has 1 aromatic carbocycles. The number of anilines is 2. The number of nitrogens with one attached hydrogen (secondary N) is 4. The molecule has 4 rings (SSSR count). The Balaban J connectivity index is 1.61. The van der Waals surface area contributed by atoms with Crippen LogP contribution >= 0.6 is 31.9 Å². The lowest BCUT2D eigenvalue weighted by molar-refractivity contribution is -0.405. The highest BCUT2D eigenvalue weighted by Crippen LogP contribution is 2.39. The van der Waals surface area contributed by atoms with E-state index < -0.39 is 29.9 Å². The minimum atomic E-state index is -1.16. The number of aliphatic carboxylic acids is 1. The highest BCUT2D eigenvalue weighted by atomic mass is 79.9. The highest BCUT2D eigenvalue weighted by Gasteiger charge is 2.35. The Hall–Kier alpha value is -3.36. The van der Waals surface area contributed by atoms with Crippen LogP contribution in [0.5, 0.6) is 5.75 Å². The number of carbonyl (C=O) groups is 3. The molecule has 3 atom stereocenters. The number of nitrogens with zero attached hydrogens (tertiary/aromatic N) is 1. The maximum Gasteiger partial charge on any atom is 0.362 e. The summed E-state index contributed by atoms with van der Waals surface area (Å²) in [6.07, 6.45) is 0.640. The number of aromatic amines is 2. The molecular weight excluding hydrogens is 590 g/mol. The topological polar surface area (TPSA) is 203 Å². The van der Waals surface area contributed by atoms with Gasteiger partial charge in [0.15, 0.2) is 23.9 Å². The standard InChI is InChI=1S/C21H21Br2N7O5/c22-9-4-11(29-18(9)23)19(32)26-6-12-17(13-7-27-21(25)30-13)35-15-3-1-2-8(16(15)28-12)14(31)5-10(24)20(33)34/h1-4,7,10,12,17,28-29H,5-6,24H2,(H,26,32)(H,33,34)(H3,25,27,30)/p+1/t10-,12+,17-/m0/s1. The van der Waals surface area contributed by atoms with E-state index in [1.807, 2.05) is 0 Å². The number of ketones is 1. The molecule has 3 aromatic rings. The second-order valence-corrected chi connectivity index (χ2v) is 9.56. The van der Waals surface area contributed by atoms with Crippen molar-refractivity contribution in [2.24, 2.45) is 0 Å². The Morgan fingerprint density at radius 3 is 2.69 bits per heavy atom. The van der Waals surface area contributed by atoms with Gasteiger partial charge in [-0.2, -0.15) is 0 Å². The summed E-state index contributed by atoms with van der Waals surface area (Å²) in [5, 5.41) is 15.3. The van der Waals surface area contributed by atoms with Crippen molar-refractivity contribution in [3.8, 4) is 5.75 Å². The molecule has 12 nitrogen and oxygen atoms in total. The zero-order valence-electron chi connectivity index (χ0n) is 18.1. The van der Waals surface area contributed by atoms with Gasteiger partial charge in [0.05, 0.1) is 39.1 Å². The number of carbonyl (C=O) groups excluding carboxylic acids is 2. The molecule has 35 heavy (non-hydrogen) atoms.